The van der Waals surface area contributed by atoms with Gasteiger partial charge in [0.05, 0.1) is 9.92 Å². The Hall–Kier alpha value is -0.920. The first kappa shape index (κ1) is 14.1. The molecule has 0 bridgehead atoms. The van der Waals surface area contributed by atoms with Gasteiger partial charge in [0.2, 0.25) is 10.0 Å². The largest absolute Gasteiger partial charge is 0.433 e. The van der Waals surface area contributed by atoms with Gasteiger partial charge in [0, 0.05) is 6.54 Å². The molecule has 1 aromatic carbocycles. The summed E-state index contributed by atoms with van der Waals surface area (Å²) in [6, 6.07) is 3.28. The van der Waals surface area contributed by atoms with Crippen molar-refractivity contribution in [2.75, 3.05) is 6.54 Å². The van der Waals surface area contributed by atoms with Crippen LogP contribution in [0.4, 0.5) is 8.78 Å². The second-order valence-electron chi connectivity index (χ2n) is 2.97. The minimum absolute atomic E-state index is 0.106. The van der Waals surface area contributed by atoms with Crippen molar-refractivity contribution < 1.29 is 21.9 Å². The van der Waals surface area contributed by atoms with Gasteiger partial charge >= 0.3 is 6.61 Å². The van der Waals surface area contributed by atoms with Crippen LogP contribution in [0.15, 0.2) is 23.1 Å². The van der Waals surface area contributed by atoms with Crippen LogP contribution in [0.5, 0.6) is 5.75 Å². The van der Waals surface area contributed by atoms with Crippen LogP contribution < -0.4 is 9.46 Å². The fourth-order valence-electron chi connectivity index (χ4n) is 1.11. The number of ether oxygens (including phenoxy) is 1. The summed E-state index contributed by atoms with van der Waals surface area (Å²) >= 11 is 5.63. The molecule has 1 N–H and O–H groups in total. The van der Waals surface area contributed by atoms with Crippen LogP contribution in [0.2, 0.25) is 5.02 Å². The first-order chi connectivity index (χ1) is 7.86. The molecule has 0 radical (unpaired) electrons. The van der Waals surface area contributed by atoms with Gasteiger partial charge in [-0.1, -0.05) is 18.5 Å². The lowest BCUT2D eigenvalue weighted by Gasteiger charge is -2.09. The van der Waals surface area contributed by atoms with Crippen molar-refractivity contribution in [2.24, 2.45) is 0 Å². The van der Waals surface area contributed by atoms with E-state index in [1.54, 1.807) is 6.92 Å². The summed E-state index contributed by atoms with van der Waals surface area (Å²) < 4.78 is 53.3. The van der Waals surface area contributed by atoms with E-state index in [0.29, 0.717) is 0 Å². The number of hydrogen-bond acceptors (Lipinski definition) is 3. The van der Waals surface area contributed by atoms with Crippen LogP contribution in [0.1, 0.15) is 6.92 Å². The molecule has 8 heteroatoms. The monoisotopic (exact) mass is 285 g/mol. The Bertz CT molecular complexity index is 493. The van der Waals surface area contributed by atoms with Gasteiger partial charge in [-0.3, -0.25) is 0 Å². The summed E-state index contributed by atoms with van der Waals surface area (Å²) in [5, 5.41) is -0.190. The van der Waals surface area contributed by atoms with Crippen molar-refractivity contribution in [1.29, 1.82) is 0 Å². The van der Waals surface area contributed by atoms with Gasteiger partial charge < -0.3 is 4.74 Å². The minimum Gasteiger partial charge on any atom is -0.433 e. The summed E-state index contributed by atoms with van der Waals surface area (Å²) in [7, 11) is -3.66. The third-order valence-electron chi connectivity index (χ3n) is 1.76. The average molecular weight is 286 g/mol. The van der Waals surface area contributed by atoms with Crippen LogP contribution in [0.3, 0.4) is 0 Å². The van der Waals surface area contributed by atoms with Crippen LogP contribution in [0, 0.1) is 0 Å². The maximum absolute atomic E-state index is 11.9. The fraction of sp³-hybridized carbons (Fsp3) is 0.333. The van der Waals surface area contributed by atoms with E-state index >= 15 is 0 Å². The number of halogens is 3. The molecule has 1 rings (SSSR count). The highest BCUT2D eigenvalue weighted by Gasteiger charge is 2.16. The highest BCUT2D eigenvalue weighted by atomic mass is 35.5. The lowest BCUT2D eigenvalue weighted by molar-refractivity contribution is -0.0498. The average Bonchev–Trinajstić information content (AvgIpc) is 2.20. The zero-order valence-electron chi connectivity index (χ0n) is 8.78. The molecule has 0 heterocycles. The van der Waals surface area contributed by atoms with E-state index in [9.17, 15) is 17.2 Å². The Kier molecular flexibility index (Phi) is 4.67. The number of hydrogen-bond donors (Lipinski definition) is 1. The molecule has 1 aromatic rings. The van der Waals surface area contributed by atoms with Gasteiger partial charge in [-0.2, -0.15) is 8.78 Å². The quantitative estimate of drug-likeness (QED) is 0.903. The van der Waals surface area contributed by atoms with E-state index in [0.717, 1.165) is 18.2 Å². The molecule has 96 valence electrons. The SMILES string of the molecule is CCNS(=O)(=O)c1ccc(OC(F)F)c(Cl)c1. The van der Waals surface area contributed by atoms with Crippen molar-refractivity contribution in [2.45, 2.75) is 18.4 Å². The Morgan fingerprint density at radius 1 is 1.47 bits per heavy atom. The molecule has 17 heavy (non-hydrogen) atoms. The standard InChI is InChI=1S/C9H10ClF2NO3S/c1-2-13-17(14,15)6-3-4-8(7(10)5-6)16-9(11)12/h3-5,9,13H,2H2,1H3. The lowest BCUT2D eigenvalue weighted by Crippen LogP contribution is -2.23. The van der Waals surface area contributed by atoms with Gasteiger partial charge in [0.1, 0.15) is 5.75 Å². The van der Waals surface area contributed by atoms with E-state index in [4.69, 9.17) is 11.6 Å². The summed E-state index contributed by atoms with van der Waals surface area (Å²) in [5.74, 6) is -0.267. The van der Waals surface area contributed by atoms with Crippen molar-refractivity contribution in [3.05, 3.63) is 23.2 Å². The summed E-state index contributed by atoms with van der Waals surface area (Å²) in [5.41, 5.74) is 0. The van der Waals surface area contributed by atoms with Crippen molar-refractivity contribution in [3.8, 4) is 5.75 Å². The molecular weight excluding hydrogens is 276 g/mol. The Morgan fingerprint density at radius 2 is 2.12 bits per heavy atom. The molecule has 0 aliphatic rings. The van der Waals surface area contributed by atoms with Gasteiger partial charge in [-0.25, -0.2) is 13.1 Å². The zero-order valence-corrected chi connectivity index (χ0v) is 10.4. The van der Waals surface area contributed by atoms with Crippen LogP contribution in [-0.2, 0) is 10.0 Å². The third-order valence-corrected chi connectivity index (χ3v) is 3.60. The smallest absolute Gasteiger partial charge is 0.387 e. The number of benzene rings is 1. The molecule has 0 aromatic heterocycles. The van der Waals surface area contributed by atoms with Crippen molar-refractivity contribution >= 4 is 21.6 Å². The lowest BCUT2D eigenvalue weighted by atomic mass is 10.3. The third kappa shape index (κ3) is 3.79. The highest BCUT2D eigenvalue weighted by molar-refractivity contribution is 7.89. The van der Waals surface area contributed by atoms with E-state index in [-0.39, 0.29) is 22.2 Å². The molecule has 0 spiro atoms. The van der Waals surface area contributed by atoms with Crippen LogP contribution in [0.25, 0.3) is 0 Å². The van der Waals surface area contributed by atoms with E-state index < -0.39 is 16.6 Å². The number of rotatable bonds is 5. The molecule has 0 amide bonds. The molecule has 0 unspecified atom stereocenters. The summed E-state index contributed by atoms with van der Waals surface area (Å²) in [4.78, 5) is -0.106. The Morgan fingerprint density at radius 3 is 2.59 bits per heavy atom. The van der Waals surface area contributed by atoms with Crippen molar-refractivity contribution in [3.63, 3.8) is 0 Å². The maximum Gasteiger partial charge on any atom is 0.387 e. The number of nitrogens with one attached hydrogen (secondary N) is 1. The molecule has 0 aliphatic carbocycles. The fourth-order valence-corrected chi connectivity index (χ4v) is 2.47. The molecule has 4 nitrogen and oxygen atoms in total. The van der Waals surface area contributed by atoms with Gasteiger partial charge in [0.15, 0.2) is 0 Å². The van der Waals surface area contributed by atoms with Crippen LogP contribution in [-0.4, -0.2) is 21.6 Å². The molecule has 0 saturated heterocycles. The van der Waals surface area contributed by atoms with E-state index in [1.165, 1.54) is 0 Å². The number of alkyl halides is 2. The highest BCUT2D eigenvalue weighted by Crippen LogP contribution is 2.28. The van der Waals surface area contributed by atoms with E-state index in [2.05, 4.69) is 9.46 Å². The van der Waals surface area contributed by atoms with Crippen molar-refractivity contribution in [1.82, 2.24) is 4.72 Å². The second-order valence-corrected chi connectivity index (χ2v) is 5.15. The normalized spacial score (nSPS) is 11.8. The summed E-state index contributed by atoms with van der Waals surface area (Å²) in [6.07, 6.45) is 0. The Labute approximate surface area is 103 Å². The predicted molar refractivity (Wildman–Crippen MR) is 58.9 cm³/mol. The van der Waals surface area contributed by atoms with Gasteiger partial charge in [0.25, 0.3) is 0 Å². The minimum atomic E-state index is -3.66. The molecule has 0 saturated carbocycles. The first-order valence-corrected chi connectivity index (χ1v) is 6.47. The maximum atomic E-state index is 11.9. The zero-order chi connectivity index (χ0) is 13.1. The van der Waals surface area contributed by atoms with Crippen LogP contribution >= 0.6 is 11.6 Å². The number of sulfonamides is 1. The second kappa shape index (κ2) is 5.61. The Balaban J connectivity index is 3.04. The summed E-state index contributed by atoms with van der Waals surface area (Å²) in [6.45, 7) is -1.17. The topological polar surface area (TPSA) is 55.4 Å². The van der Waals surface area contributed by atoms with E-state index in [1.807, 2.05) is 0 Å². The first-order valence-electron chi connectivity index (χ1n) is 4.61. The molecular formula is C9H10ClF2NO3S. The predicted octanol–water partition coefficient (Wildman–Crippen LogP) is 2.24. The molecule has 0 atom stereocenters. The van der Waals surface area contributed by atoms with Gasteiger partial charge in [-0.05, 0) is 18.2 Å². The molecule has 0 aliphatic heterocycles. The molecule has 0 fully saturated rings. The van der Waals surface area contributed by atoms with Gasteiger partial charge in [-0.15, -0.1) is 0 Å².